The summed E-state index contributed by atoms with van der Waals surface area (Å²) >= 11 is 0. The highest BCUT2D eigenvalue weighted by Gasteiger charge is 2.23. The first-order valence-electron chi connectivity index (χ1n) is 8.06. The lowest BCUT2D eigenvalue weighted by Gasteiger charge is -2.09. The summed E-state index contributed by atoms with van der Waals surface area (Å²) in [5.41, 5.74) is 5.71. The molecule has 0 radical (unpaired) electrons. The van der Waals surface area contributed by atoms with Gasteiger partial charge in [0.2, 0.25) is 5.76 Å². The molecule has 8 nitrogen and oxygen atoms in total. The van der Waals surface area contributed by atoms with Crippen LogP contribution in [0, 0.1) is 0 Å². The van der Waals surface area contributed by atoms with E-state index < -0.39 is 11.8 Å². The minimum absolute atomic E-state index is 0.0494. The third-order valence-corrected chi connectivity index (χ3v) is 4.23. The lowest BCUT2D eigenvalue weighted by molar-refractivity contribution is 0.0977. The van der Waals surface area contributed by atoms with E-state index in [1.54, 1.807) is 48.5 Å². The molecule has 0 bridgehead atoms. The Hall–Kier alpha value is -3.94. The molecule has 0 saturated heterocycles. The van der Waals surface area contributed by atoms with E-state index in [1.807, 2.05) is 0 Å². The number of amides is 2. The molecule has 0 fully saturated rings. The second-order valence-corrected chi connectivity index (χ2v) is 5.94. The topological polar surface area (TPSA) is 120 Å². The number of furan rings is 1. The Kier molecular flexibility index (Phi) is 3.73. The summed E-state index contributed by atoms with van der Waals surface area (Å²) in [5, 5.41) is 8.05. The number of hydrogen-bond donors (Lipinski definition) is 2. The van der Waals surface area contributed by atoms with Crippen molar-refractivity contribution in [1.82, 2.24) is 9.78 Å². The van der Waals surface area contributed by atoms with Gasteiger partial charge in [0.15, 0.2) is 5.69 Å². The van der Waals surface area contributed by atoms with E-state index in [2.05, 4.69) is 10.4 Å². The number of para-hydroxylation sites is 1. The summed E-state index contributed by atoms with van der Waals surface area (Å²) in [4.78, 5) is 36.9. The van der Waals surface area contributed by atoms with Gasteiger partial charge in [0, 0.05) is 17.8 Å². The first-order chi connectivity index (χ1) is 13.0. The van der Waals surface area contributed by atoms with Gasteiger partial charge in [0.1, 0.15) is 11.3 Å². The molecule has 0 aliphatic carbocycles. The molecule has 0 aliphatic rings. The number of benzene rings is 2. The van der Waals surface area contributed by atoms with Crippen LogP contribution in [0.5, 0.6) is 0 Å². The van der Waals surface area contributed by atoms with Gasteiger partial charge in [-0.3, -0.25) is 14.4 Å². The van der Waals surface area contributed by atoms with Gasteiger partial charge in [-0.25, -0.2) is 4.68 Å². The molecule has 0 saturated carbocycles. The zero-order valence-corrected chi connectivity index (χ0v) is 14.2. The number of fused-ring (bicyclic) bond motifs is 2. The Morgan fingerprint density at radius 2 is 1.67 bits per heavy atom. The van der Waals surface area contributed by atoms with E-state index in [4.69, 9.17) is 10.2 Å². The number of hydrogen-bond acceptors (Lipinski definition) is 5. The number of primary amides is 1. The van der Waals surface area contributed by atoms with E-state index >= 15 is 0 Å². The number of carbonyl (C=O) groups is 2. The second kappa shape index (κ2) is 6.10. The van der Waals surface area contributed by atoms with E-state index in [1.165, 1.54) is 7.05 Å². The molecule has 8 heteroatoms. The molecule has 27 heavy (non-hydrogen) atoms. The van der Waals surface area contributed by atoms with Crippen molar-refractivity contribution in [3.8, 4) is 0 Å². The van der Waals surface area contributed by atoms with Crippen molar-refractivity contribution < 1.29 is 14.0 Å². The molecule has 0 spiro atoms. The van der Waals surface area contributed by atoms with Crippen molar-refractivity contribution in [1.29, 1.82) is 0 Å². The van der Waals surface area contributed by atoms with Crippen molar-refractivity contribution in [2.24, 2.45) is 12.8 Å². The van der Waals surface area contributed by atoms with Crippen molar-refractivity contribution in [3.05, 3.63) is 70.3 Å². The number of aryl methyl sites for hydroxylation is 1. The second-order valence-electron chi connectivity index (χ2n) is 5.94. The summed E-state index contributed by atoms with van der Waals surface area (Å²) in [6.45, 7) is 0. The van der Waals surface area contributed by atoms with Crippen molar-refractivity contribution >= 4 is 39.2 Å². The van der Waals surface area contributed by atoms with Crippen LogP contribution in [0.2, 0.25) is 0 Å². The monoisotopic (exact) mass is 362 g/mol. The lowest BCUT2D eigenvalue weighted by atomic mass is 10.1. The molecule has 0 aliphatic heterocycles. The largest absolute Gasteiger partial charge is 0.449 e. The van der Waals surface area contributed by atoms with Crippen LogP contribution in [0.15, 0.2) is 57.7 Å². The van der Waals surface area contributed by atoms with Gasteiger partial charge in [-0.1, -0.05) is 30.3 Å². The van der Waals surface area contributed by atoms with Gasteiger partial charge in [-0.05, 0) is 18.2 Å². The van der Waals surface area contributed by atoms with Crippen molar-refractivity contribution in [2.75, 3.05) is 5.32 Å². The van der Waals surface area contributed by atoms with E-state index in [0.717, 1.165) is 4.68 Å². The van der Waals surface area contributed by atoms with Crippen LogP contribution in [0.4, 0.5) is 5.69 Å². The number of rotatable bonds is 3. The van der Waals surface area contributed by atoms with Crippen molar-refractivity contribution in [3.63, 3.8) is 0 Å². The molecule has 2 aromatic carbocycles. The van der Waals surface area contributed by atoms with Gasteiger partial charge in [0.25, 0.3) is 17.4 Å². The van der Waals surface area contributed by atoms with Gasteiger partial charge in [0.05, 0.1) is 5.39 Å². The van der Waals surface area contributed by atoms with Crippen LogP contribution in [0.25, 0.3) is 21.7 Å². The highest BCUT2D eigenvalue weighted by molar-refractivity contribution is 6.16. The fraction of sp³-hybridized carbons (Fsp3) is 0.0526. The van der Waals surface area contributed by atoms with Crippen molar-refractivity contribution in [2.45, 2.75) is 0 Å². The number of nitrogens with one attached hydrogen (secondary N) is 1. The molecular formula is C19H14N4O4. The Bertz CT molecular complexity index is 1290. The normalized spacial score (nSPS) is 11.0. The van der Waals surface area contributed by atoms with Crippen LogP contribution in [0.3, 0.4) is 0 Å². The van der Waals surface area contributed by atoms with Gasteiger partial charge < -0.3 is 15.5 Å². The maximum absolute atomic E-state index is 12.9. The molecule has 4 rings (SSSR count). The Morgan fingerprint density at radius 1 is 1.04 bits per heavy atom. The Morgan fingerprint density at radius 3 is 2.37 bits per heavy atom. The fourth-order valence-corrected chi connectivity index (χ4v) is 2.98. The summed E-state index contributed by atoms with van der Waals surface area (Å²) < 4.78 is 6.56. The molecule has 2 amide bonds. The molecular weight excluding hydrogens is 348 g/mol. The average Bonchev–Trinajstić information content (AvgIpc) is 3.03. The number of carbonyl (C=O) groups excluding carboxylic acids is 2. The van der Waals surface area contributed by atoms with E-state index in [-0.39, 0.29) is 22.7 Å². The van der Waals surface area contributed by atoms with E-state index in [9.17, 15) is 14.4 Å². The third kappa shape index (κ3) is 2.63. The molecule has 0 unspecified atom stereocenters. The molecule has 4 aromatic rings. The quantitative estimate of drug-likeness (QED) is 0.578. The van der Waals surface area contributed by atoms with Crippen LogP contribution < -0.4 is 16.6 Å². The molecule has 2 heterocycles. The third-order valence-electron chi connectivity index (χ3n) is 4.23. The SMILES string of the molecule is Cn1nc(C(=O)Nc2c(C(N)=O)oc3ccccc23)c2ccccc2c1=O. The Labute approximate surface area is 152 Å². The summed E-state index contributed by atoms with van der Waals surface area (Å²) in [6, 6.07) is 13.5. The molecule has 0 atom stereocenters. The Balaban J connectivity index is 1.87. The summed E-state index contributed by atoms with van der Waals surface area (Å²) in [7, 11) is 1.47. The van der Waals surface area contributed by atoms with E-state index in [0.29, 0.717) is 21.7 Å². The van der Waals surface area contributed by atoms with Gasteiger partial charge in [-0.15, -0.1) is 0 Å². The summed E-state index contributed by atoms with van der Waals surface area (Å²) in [6.07, 6.45) is 0. The number of aromatic nitrogens is 2. The molecule has 134 valence electrons. The minimum Gasteiger partial charge on any atom is -0.449 e. The smallest absolute Gasteiger partial charge is 0.286 e. The van der Waals surface area contributed by atoms with Crippen LogP contribution in [-0.4, -0.2) is 21.6 Å². The standard InChI is InChI=1S/C19H14N4O4/c1-23-19(26)11-7-3-2-6-10(11)15(22-23)18(25)21-14-12-8-4-5-9-13(12)27-16(14)17(20)24/h2-9H,1H3,(H2,20,24)(H,21,25). The molecule has 2 aromatic heterocycles. The number of nitrogens with two attached hydrogens (primary N) is 1. The molecule has 3 N–H and O–H groups in total. The summed E-state index contributed by atoms with van der Waals surface area (Å²) in [5.74, 6) is -1.55. The number of anilines is 1. The lowest BCUT2D eigenvalue weighted by Crippen LogP contribution is -2.26. The average molecular weight is 362 g/mol. The highest BCUT2D eigenvalue weighted by Crippen LogP contribution is 2.31. The maximum atomic E-state index is 12.9. The predicted octanol–water partition coefficient (Wildman–Crippen LogP) is 2.03. The van der Waals surface area contributed by atoms with Crippen LogP contribution in [0.1, 0.15) is 21.0 Å². The highest BCUT2D eigenvalue weighted by atomic mass is 16.3. The number of nitrogens with zero attached hydrogens (tertiary/aromatic N) is 2. The first kappa shape index (κ1) is 16.5. The zero-order chi connectivity index (χ0) is 19.1. The predicted molar refractivity (Wildman–Crippen MR) is 99.7 cm³/mol. The zero-order valence-electron chi connectivity index (χ0n) is 14.2. The van der Waals surface area contributed by atoms with Crippen LogP contribution >= 0.6 is 0 Å². The van der Waals surface area contributed by atoms with Crippen LogP contribution in [-0.2, 0) is 7.05 Å². The first-order valence-corrected chi connectivity index (χ1v) is 8.06. The fourth-order valence-electron chi connectivity index (χ4n) is 2.98. The maximum Gasteiger partial charge on any atom is 0.286 e. The minimum atomic E-state index is -0.806. The van der Waals surface area contributed by atoms with Gasteiger partial charge in [-0.2, -0.15) is 5.10 Å². The van der Waals surface area contributed by atoms with Gasteiger partial charge >= 0.3 is 0 Å².